The van der Waals surface area contributed by atoms with Crippen molar-refractivity contribution in [1.29, 1.82) is 0 Å². The Morgan fingerprint density at radius 1 is 0.870 bits per heavy atom. The van der Waals surface area contributed by atoms with Gasteiger partial charge in [0, 0.05) is 10.7 Å². The first-order valence-corrected chi connectivity index (χ1v) is 8.26. The lowest BCUT2D eigenvalue weighted by atomic mass is 10.3. The molecule has 2 aromatic carbocycles. The summed E-state index contributed by atoms with van der Waals surface area (Å²) in [7, 11) is -3.85. The summed E-state index contributed by atoms with van der Waals surface area (Å²) in [6.07, 6.45) is 0. The molecule has 0 aliphatic heterocycles. The molecule has 0 saturated heterocycles. The van der Waals surface area contributed by atoms with Crippen LogP contribution in [0.25, 0.3) is 11.0 Å². The van der Waals surface area contributed by atoms with Crippen molar-refractivity contribution in [3.63, 3.8) is 0 Å². The van der Waals surface area contributed by atoms with E-state index in [1.165, 1.54) is 30.3 Å². The fourth-order valence-corrected chi connectivity index (χ4v) is 3.20. The topological polar surface area (TPSA) is 112 Å². The van der Waals surface area contributed by atoms with Gasteiger partial charge in [-0.25, -0.2) is 8.42 Å². The first kappa shape index (κ1) is 15.3. The maximum absolute atomic E-state index is 12.4. The van der Waals surface area contributed by atoms with Gasteiger partial charge in [0.25, 0.3) is 10.0 Å². The van der Waals surface area contributed by atoms with Crippen LogP contribution in [0.3, 0.4) is 0 Å². The number of sulfonamides is 1. The van der Waals surface area contributed by atoms with E-state index in [0.29, 0.717) is 16.2 Å². The number of H-pyrrole nitrogens is 2. The standard InChI is InChI=1S/C14H10ClN3O4S/c15-8-1-3-9(4-2-8)18-23(21,22)10-5-6-11-12(7-10)17-14(20)13(19)16-11/h1-7,18H,(H,16,19)(H,17,20). The second-order valence-corrected chi connectivity index (χ2v) is 6.85. The molecule has 0 amide bonds. The van der Waals surface area contributed by atoms with Crippen LogP contribution in [0.2, 0.25) is 5.02 Å². The largest absolute Gasteiger partial charge is 0.316 e. The van der Waals surface area contributed by atoms with E-state index in [1.54, 1.807) is 12.1 Å². The summed E-state index contributed by atoms with van der Waals surface area (Å²) >= 11 is 5.75. The number of anilines is 1. The predicted molar refractivity (Wildman–Crippen MR) is 87.4 cm³/mol. The summed E-state index contributed by atoms with van der Waals surface area (Å²) in [5.41, 5.74) is -0.747. The molecule has 0 radical (unpaired) electrons. The van der Waals surface area contributed by atoms with Crippen LogP contribution < -0.4 is 15.8 Å². The average molecular weight is 352 g/mol. The zero-order valence-corrected chi connectivity index (χ0v) is 13.0. The summed E-state index contributed by atoms with van der Waals surface area (Å²) in [6, 6.07) is 10.2. The van der Waals surface area contributed by atoms with Gasteiger partial charge in [-0.1, -0.05) is 11.6 Å². The third kappa shape index (κ3) is 3.13. The Bertz CT molecular complexity index is 1100. The molecule has 7 nitrogen and oxygen atoms in total. The highest BCUT2D eigenvalue weighted by molar-refractivity contribution is 7.92. The lowest BCUT2D eigenvalue weighted by Crippen LogP contribution is -2.29. The van der Waals surface area contributed by atoms with Crippen molar-refractivity contribution in [2.45, 2.75) is 4.90 Å². The van der Waals surface area contributed by atoms with Crippen molar-refractivity contribution >= 4 is 38.3 Å². The molecule has 0 unspecified atom stereocenters. The summed E-state index contributed by atoms with van der Waals surface area (Å²) in [4.78, 5) is 27.2. The van der Waals surface area contributed by atoms with Crippen molar-refractivity contribution in [2.75, 3.05) is 4.72 Å². The number of halogens is 1. The summed E-state index contributed by atoms with van der Waals surface area (Å²) in [5, 5.41) is 0.486. The van der Waals surface area contributed by atoms with Crippen molar-refractivity contribution < 1.29 is 8.42 Å². The van der Waals surface area contributed by atoms with Crippen LogP contribution in [-0.4, -0.2) is 18.4 Å². The van der Waals surface area contributed by atoms with E-state index in [4.69, 9.17) is 11.6 Å². The second-order valence-electron chi connectivity index (χ2n) is 4.73. The number of nitrogens with one attached hydrogen (secondary N) is 3. The normalized spacial score (nSPS) is 11.5. The molecule has 0 spiro atoms. The Hall–Kier alpha value is -2.58. The third-order valence-corrected chi connectivity index (χ3v) is 4.73. The van der Waals surface area contributed by atoms with Crippen LogP contribution in [0.1, 0.15) is 0 Å². The molecule has 1 aromatic heterocycles. The lowest BCUT2D eigenvalue weighted by molar-refractivity contribution is 0.601. The fraction of sp³-hybridized carbons (Fsp3) is 0. The summed E-state index contributed by atoms with van der Waals surface area (Å²) < 4.78 is 27.2. The molecule has 0 aliphatic carbocycles. The lowest BCUT2D eigenvalue weighted by Gasteiger charge is -2.09. The zero-order chi connectivity index (χ0) is 16.6. The second kappa shape index (κ2) is 5.56. The molecule has 9 heteroatoms. The average Bonchev–Trinajstić information content (AvgIpc) is 2.50. The van der Waals surface area contributed by atoms with Gasteiger partial charge in [-0.3, -0.25) is 14.3 Å². The highest BCUT2D eigenvalue weighted by atomic mass is 35.5. The van der Waals surface area contributed by atoms with Crippen molar-refractivity contribution in [3.05, 3.63) is 68.2 Å². The molecular formula is C14H10ClN3O4S. The first-order chi connectivity index (χ1) is 10.8. The van der Waals surface area contributed by atoms with Crippen LogP contribution in [0.4, 0.5) is 5.69 Å². The van der Waals surface area contributed by atoms with E-state index >= 15 is 0 Å². The maximum atomic E-state index is 12.4. The Balaban J connectivity index is 2.04. The Kier molecular flexibility index (Phi) is 3.70. The van der Waals surface area contributed by atoms with Gasteiger partial charge in [0.2, 0.25) is 0 Å². The first-order valence-electron chi connectivity index (χ1n) is 6.40. The number of hydrogen-bond donors (Lipinski definition) is 3. The van der Waals surface area contributed by atoms with Crippen molar-refractivity contribution in [1.82, 2.24) is 9.97 Å². The summed E-state index contributed by atoms with van der Waals surface area (Å²) in [6.45, 7) is 0. The molecule has 0 bridgehead atoms. The quantitative estimate of drug-likeness (QED) is 0.623. The van der Waals surface area contributed by atoms with Crippen LogP contribution in [-0.2, 0) is 10.0 Å². The van der Waals surface area contributed by atoms with Gasteiger partial charge < -0.3 is 9.97 Å². The highest BCUT2D eigenvalue weighted by Gasteiger charge is 2.15. The number of fused-ring (bicyclic) bond motifs is 1. The van der Waals surface area contributed by atoms with Crippen LogP contribution >= 0.6 is 11.6 Å². The molecule has 3 rings (SSSR count). The van der Waals surface area contributed by atoms with Gasteiger partial charge in [-0.15, -0.1) is 0 Å². The van der Waals surface area contributed by atoms with Crippen LogP contribution in [0.15, 0.2) is 56.9 Å². The minimum absolute atomic E-state index is 0.0531. The van der Waals surface area contributed by atoms with Crippen molar-refractivity contribution in [2.24, 2.45) is 0 Å². The predicted octanol–water partition coefficient (Wildman–Crippen LogP) is 1.67. The Labute approximate surface area is 135 Å². The van der Waals surface area contributed by atoms with Gasteiger partial charge >= 0.3 is 11.1 Å². The minimum Gasteiger partial charge on any atom is -0.316 e. The molecule has 23 heavy (non-hydrogen) atoms. The number of rotatable bonds is 3. The highest BCUT2D eigenvalue weighted by Crippen LogP contribution is 2.20. The van der Waals surface area contributed by atoms with E-state index < -0.39 is 21.1 Å². The van der Waals surface area contributed by atoms with Gasteiger partial charge in [-0.2, -0.15) is 0 Å². The van der Waals surface area contributed by atoms with E-state index in [0.717, 1.165) is 0 Å². The Morgan fingerprint density at radius 3 is 2.13 bits per heavy atom. The van der Waals surface area contributed by atoms with Crippen LogP contribution in [0.5, 0.6) is 0 Å². The van der Waals surface area contributed by atoms with Gasteiger partial charge in [0.15, 0.2) is 0 Å². The maximum Gasteiger partial charge on any atom is 0.314 e. The molecule has 0 atom stereocenters. The van der Waals surface area contributed by atoms with Gasteiger partial charge in [-0.05, 0) is 42.5 Å². The summed E-state index contributed by atoms with van der Waals surface area (Å²) in [5.74, 6) is 0. The van der Waals surface area contributed by atoms with Gasteiger partial charge in [0.1, 0.15) is 0 Å². The third-order valence-electron chi connectivity index (χ3n) is 3.10. The smallest absolute Gasteiger partial charge is 0.314 e. The van der Waals surface area contributed by atoms with E-state index in [-0.39, 0.29) is 10.4 Å². The van der Waals surface area contributed by atoms with Crippen LogP contribution in [0, 0.1) is 0 Å². The van der Waals surface area contributed by atoms with Gasteiger partial charge in [0.05, 0.1) is 15.9 Å². The number of benzene rings is 2. The fourth-order valence-electron chi connectivity index (χ4n) is 1.99. The molecule has 1 heterocycles. The molecular weight excluding hydrogens is 342 g/mol. The zero-order valence-electron chi connectivity index (χ0n) is 11.5. The Morgan fingerprint density at radius 2 is 1.48 bits per heavy atom. The van der Waals surface area contributed by atoms with E-state index in [1.807, 2.05) is 0 Å². The number of aromatic nitrogens is 2. The number of hydrogen-bond acceptors (Lipinski definition) is 4. The molecule has 0 saturated carbocycles. The minimum atomic E-state index is -3.85. The molecule has 3 aromatic rings. The molecule has 0 fully saturated rings. The molecule has 3 N–H and O–H groups in total. The number of aromatic amines is 2. The SMILES string of the molecule is O=c1[nH]c2ccc(S(=O)(=O)Nc3ccc(Cl)cc3)cc2[nH]c1=O. The van der Waals surface area contributed by atoms with Crippen molar-refractivity contribution in [3.8, 4) is 0 Å². The molecule has 118 valence electrons. The van der Waals surface area contributed by atoms with E-state index in [2.05, 4.69) is 14.7 Å². The molecule has 0 aliphatic rings. The van der Waals surface area contributed by atoms with E-state index in [9.17, 15) is 18.0 Å². The monoisotopic (exact) mass is 351 g/mol.